The first-order valence-corrected chi connectivity index (χ1v) is 37.0. The second-order valence-electron chi connectivity index (χ2n) is 28.3. The number of fused-ring (bicyclic) bond motifs is 3. The molecule has 0 saturated carbocycles. The molecule has 12 aromatic rings. The Hall–Kier alpha value is -12.3. The largest absolute Gasteiger partial charge is 0.383 e. The maximum absolute atomic E-state index is 12.6. The van der Waals surface area contributed by atoms with E-state index in [1.807, 2.05) is 180 Å². The number of benzene rings is 6. The molecule has 4 amide bonds. The summed E-state index contributed by atoms with van der Waals surface area (Å²) in [5.74, 6) is 6.11. The minimum absolute atomic E-state index is 0.0483. The van der Waals surface area contributed by atoms with Gasteiger partial charge in [0.25, 0.3) is 23.6 Å². The summed E-state index contributed by atoms with van der Waals surface area (Å²) in [6.07, 6.45) is 10.5. The molecule has 4 saturated heterocycles. The number of amides is 4. The summed E-state index contributed by atoms with van der Waals surface area (Å²) in [5, 5.41) is 26.2. The van der Waals surface area contributed by atoms with Crippen LogP contribution in [0.1, 0.15) is 128 Å². The van der Waals surface area contributed by atoms with Crippen molar-refractivity contribution in [1.82, 2.24) is 89.9 Å². The van der Waals surface area contributed by atoms with Crippen molar-refractivity contribution in [3.63, 3.8) is 0 Å². The molecular formula is C83H89N21O5. The van der Waals surface area contributed by atoms with Gasteiger partial charge >= 0.3 is 0 Å². The number of hydrogen-bond donors (Lipinski definition) is 6. The van der Waals surface area contributed by atoms with Gasteiger partial charge in [-0.1, -0.05) is 133 Å². The van der Waals surface area contributed by atoms with Crippen LogP contribution in [0.4, 0.5) is 17.5 Å². The number of aryl methyl sites for hydroxylation is 3. The van der Waals surface area contributed by atoms with Crippen LogP contribution in [0.2, 0.25) is 0 Å². The van der Waals surface area contributed by atoms with Crippen molar-refractivity contribution in [3.05, 3.63) is 215 Å². The van der Waals surface area contributed by atoms with E-state index in [1.54, 1.807) is 11.8 Å². The van der Waals surface area contributed by atoms with Crippen LogP contribution >= 0.6 is 0 Å². The summed E-state index contributed by atoms with van der Waals surface area (Å²) < 4.78 is 11.4. The van der Waals surface area contributed by atoms with E-state index >= 15 is 0 Å². The van der Waals surface area contributed by atoms with Gasteiger partial charge in [0.15, 0.2) is 16.9 Å². The number of hydrogen-bond acceptors (Lipinski definition) is 19. The molecule has 6 aromatic carbocycles. The van der Waals surface area contributed by atoms with Gasteiger partial charge in [-0.2, -0.15) is 15.3 Å². The van der Waals surface area contributed by atoms with E-state index in [9.17, 15) is 19.2 Å². The highest BCUT2D eigenvalue weighted by Gasteiger charge is 2.34. The molecule has 6 aromatic heterocycles. The van der Waals surface area contributed by atoms with Crippen LogP contribution in [0, 0.1) is 32.6 Å². The molecule has 4 aliphatic heterocycles. The fourth-order valence-electron chi connectivity index (χ4n) is 14.8. The van der Waals surface area contributed by atoms with Gasteiger partial charge in [-0.05, 0) is 144 Å². The van der Waals surface area contributed by atoms with E-state index in [0.717, 1.165) is 161 Å². The van der Waals surface area contributed by atoms with Gasteiger partial charge in [0.1, 0.15) is 53.5 Å². The molecule has 109 heavy (non-hydrogen) atoms. The lowest BCUT2D eigenvalue weighted by atomic mass is 10.0. The topological polar surface area (TPSA) is 332 Å². The summed E-state index contributed by atoms with van der Waals surface area (Å²) >= 11 is 0. The summed E-state index contributed by atoms with van der Waals surface area (Å²) in [7, 11) is 2.14. The zero-order valence-corrected chi connectivity index (χ0v) is 61.9. The van der Waals surface area contributed by atoms with Gasteiger partial charge in [-0.15, -0.1) is 0 Å². The number of nitrogens with two attached hydrogens (primary N) is 3. The number of carbonyl (C=O) groups excluding carboxylic acids is 4. The highest BCUT2D eigenvalue weighted by molar-refractivity contribution is 6.01. The first kappa shape index (κ1) is 73.6. The van der Waals surface area contributed by atoms with Crippen LogP contribution in [0.25, 0.3) is 66.9 Å². The van der Waals surface area contributed by atoms with Crippen LogP contribution in [0.5, 0.6) is 0 Å². The third kappa shape index (κ3) is 16.3. The fraction of sp³-hybridized carbons (Fsp3) is 0.313. The number of nitrogen functional groups attached to an aromatic ring is 3. The molecular weight excluding hydrogens is 1370 g/mol. The molecule has 4 aliphatic rings. The van der Waals surface area contributed by atoms with Crippen LogP contribution in [-0.2, 0) is 29.2 Å². The summed E-state index contributed by atoms with van der Waals surface area (Å²) in [5.41, 5.74) is 34.0. The van der Waals surface area contributed by atoms with Gasteiger partial charge in [0.2, 0.25) is 0 Å². The highest BCUT2D eigenvalue weighted by Crippen LogP contribution is 2.38. The number of carbonyl (C=O) groups is 4. The quantitative estimate of drug-likeness (QED) is 0.0490. The Morgan fingerprint density at radius 3 is 1.17 bits per heavy atom. The van der Waals surface area contributed by atoms with E-state index < -0.39 is 0 Å². The predicted octanol–water partition coefficient (Wildman–Crippen LogP) is 10.4. The average molecular weight is 1460 g/mol. The molecule has 0 spiro atoms. The maximum Gasteiger partial charge on any atom is 0.298 e. The Bertz CT molecular complexity index is 5370. The fourth-order valence-corrected chi connectivity index (χ4v) is 14.8. The zero-order valence-electron chi connectivity index (χ0n) is 61.9. The molecule has 0 unspecified atom stereocenters. The van der Waals surface area contributed by atoms with Crippen molar-refractivity contribution < 1.29 is 23.9 Å². The third-order valence-corrected chi connectivity index (χ3v) is 20.9. The van der Waals surface area contributed by atoms with Crippen LogP contribution < -0.4 is 33.2 Å². The van der Waals surface area contributed by atoms with Crippen molar-refractivity contribution in [2.75, 3.05) is 76.7 Å². The highest BCUT2D eigenvalue weighted by atomic mass is 16.5. The lowest BCUT2D eigenvalue weighted by Gasteiger charge is -2.42. The number of piperidine rings is 3. The molecule has 26 nitrogen and oxygen atoms in total. The predicted molar refractivity (Wildman–Crippen MR) is 421 cm³/mol. The van der Waals surface area contributed by atoms with Gasteiger partial charge in [-0.3, -0.25) is 24.1 Å². The number of aromatic nitrogens is 12. The monoisotopic (exact) mass is 1460 g/mol. The second-order valence-corrected chi connectivity index (χ2v) is 28.3. The van der Waals surface area contributed by atoms with Gasteiger partial charge < -0.3 is 47.7 Å². The number of rotatable bonds is 16. The van der Waals surface area contributed by atoms with Gasteiger partial charge in [-0.25, -0.2) is 43.9 Å². The van der Waals surface area contributed by atoms with Crippen molar-refractivity contribution in [1.29, 1.82) is 0 Å². The van der Waals surface area contributed by atoms with Crippen molar-refractivity contribution in [2.45, 2.75) is 110 Å². The van der Waals surface area contributed by atoms with E-state index in [-0.39, 0.29) is 41.8 Å². The van der Waals surface area contributed by atoms with Crippen molar-refractivity contribution in [3.8, 4) is 45.6 Å². The zero-order chi connectivity index (χ0) is 75.7. The Balaban J connectivity index is 0.000000137. The lowest BCUT2D eigenvalue weighted by molar-refractivity contribution is -0.126. The summed E-state index contributed by atoms with van der Waals surface area (Å²) in [4.78, 5) is 83.0. The molecule has 0 aliphatic carbocycles. The van der Waals surface area contributed by atoms with Crippen molar-refractivity contribution >= 4 is 74.2 Å². The summed E-state index contributed by atoms with van der Waals surface area (Å²) in [6, 6.07) is 47.6. The maximum atomic E-state index is 12.6. The number of ether oxygens (including phenoxy) is 1. The molecule has 9 N–H and O–H groups in total. The average Bonchev–Trinajstić information content (AvgIpc) is 1.63. The minimum atomic E-state index is -0.173. The first-order valence-electron chi connectivity index (χ1n) is 37.0. The Kier molecular flexibility index (Phi) is 22.4. The Labute approximate surface area is 631 Å². The normalized spacial score (nSPS) is 16.7. The SMILES string of the molecule is CC#CC(=O)N1CCC[C@@H](n2nc(-c3ccc(CNC(=O)c4ccccc4C)cc3)c3c(N)ncnc32)C1.Cc1ccccc1C(=O)NCc1ccc(-c2nn([C@@H]3CCCN(C)C3)c3ncnc(N)c23)cc1.Cc1ccccc1C(=O)NCc1ccc(-c2nn([C@@H]3CCCN(C4COC4)C3)c3ncnc(N)c23)cc1. The van der Waals surface area contributed by atoms with E-state index in [1.165, 1.54) is 19.0 Å². The number of nitrogens with one attached hydrogen (secondary N) is 3. The number of nitrogens with zero attached hydrogens (tertiary/aromatic N) is 15. The van der Waals surface area contributed by atoms with Crippen LogP contribution in [-0.4, -0.2) is 163 Å². The van der Waals surface area contributed by atoms with Gasteiger partial charge in [0, 0.05) is 79.2 Å². The molecule has 10 heterocycles. The van der Waals surface area contributed by atoms with E-state index in [4.69, 9.17) is 37.2 Å². The van der Waals surface area contributed by atoms with Crippen molar-refractivity contribution in [2.24, 2.45) is 0 Å². The third-order valence-electron chi connectivity index (χ3n) is 20.9. The molecule has 556 valence electrons. The minimum Gasteiger partial charge on any atom is -0.383 e. The lowest BCUT2D eigenvalue weighted by Crippen LogP contribution is -2.52. The first-order chi connectivity index (χ1) is 53.0. The van der Waals surface area contributed by atoms with Crippen LogP contribution in [0.15, 0.2) is 165 Å². The number of likely N-dealkylation sites (tertiary alicyclic amines) is 3. The molecule has 0 bridgehead atoms. The molecule has 4 fully saturated rings. The number of anilines is 3. The second kappa shape index (κ2) is 33.2. The Morgan fingerprint density at radius 2 is 0.807 bits per heavy atom. The van der Waals surface area contributed by atoms with E-state index in [2.05, 4.69) is 74.5 Å². The van der Waals surface area contributed by atoms with Crippen LogP contribution in [0.3, 0.4) is 0 Å². The summed E-state index contributed by atoms with van der Waals surface area (Å²) in [6.45, 7) is 15.6. The molecule has 0 radical (unpaired) electrons. The smallest absolute Gasteiger partial charge is 0.298 e. The molecule has 16 rings (SSSR count). The molecule has 26 heteroatoms. The number of likely N-dealkylation sites (N-methyl/N-ethyl adjacent to an activating group) is 1. The molecule has 3 atom stereocenters. The van der Waals surface area contributed by atoms with Gasteiger partial charge in [0.05, 0.1) is 53.5 Å². The van der Waals surface area contributed by atoms with E-state index in [0.29, 0.717) is 89.6 Å². The Morgan fingerprint density at radius 1 is 0.450 bits per heavy atom. The standard InChI is InChI=1S/C29H29N7O2.C28H31N7O2.C26H29N7O/c1-3-7-24(37)35-15-6-9-22(17-35)36-28-25(27(30)32-18-33-28)26(34-36)21-13-11-20(12-14-21)16-31-29(38)23-10-5-4-8-19(23)2;1-18-5-2-3-7-23(18)28(36)30-13-19-8-10-20(11-9-19)25-24-26(29)31-17-32-27(24)35(33-25)21-6-4-12-34(14-21)22-15-37-16-22;1-17-6-3-4-8-21(17)26(34)28-14-18-9-11-19(12-10-18)23-22-24(27)29-16-30-25(22)33(31-23)20-7-5-13-32(2)15-20/h4-5,8,10-14,18,22H,6,9,15-17H2,1-2H3,(H,31,38)(H2,30,32,33);2-3,5,7-11,17,21-22H,4,6,12-16H2,1H3,(H,30,36)(H2,29,31,32);3-4,6,8-12,16,20H,5,7,13-15H2,1-2H3,(H,28,34)(H2,27,29,30)/t22-;21-;20-/m111/s1.